The summed E-state index contributed by atoms with van der Waals surface area (Å²) >= 11 is 13.6. The van der Waals surface area contributed by atoms with E-state index in [0.29, 0.717) is 10.2 Å². The molecule has 1 aromatic carbocycles. The number of nitrogens with zero attached hydrogens (tertiary/aromatic N) is 1. The molecule has 0 aliphatic rings. The van der Waals surface area contributed by atoms with Gasteiger partial charge in [0.1, 0.15) is 5.15 Å². The summed E-state index contributed by atoms with van der Waals surface area (Å²) in [5.41, 5.74) is 2.07. The zero-order valence-corrected chi connectivity index (χ0v) is 11.6. The van der Waals surface area contributed by atoms with E-state index >= 15 is 0 Å². The van der Waals surface area contributed by atoms with Crippen molar-refractivity contribution in [3.63, 3.8) is 0 Å². The lowest BCUT2D eigenvalue weighted by molar-refractivity contribution is 1.17. The maximum absolute atomic E-state index is 6.06. The number of halogens is 2. The molecule has 4 heteroatoms. The van der Waals surface area contributed by atoms with Gasteiger partial charge < -0.3 is 0 Å². The number of hydrogen-bond donors (Lipinski definition) is 0. The van der Waals surface area contributed by atoms with E-state index in [2.05, 4.69) is 30.1 Å². The van der Waals surface area contributed by atoms with E-state index in [1.54, 1.807) is 23.9 Å². The topological polar surface area (TPSA) is 12.9 Å². The van der Waals surface area contributed by atoms with E-state index in [4.69, 9.17) is 23.2 Å². The highest BCUT2D eigenvalue weighted by atomic mass is 35.5. The first-order valence-corrected chi connectivity index (χ1v) is 6.90. The molecule has 0 unspecified atom stereocenters. The largest absolute Gasteiger partial charge is 0.239 e. The van der Waals surface area contributed by atoms with Gasteiger partial charge in [0.15, 0.2) is 0 Å². The first-order valence-electron chi connectivity index (χ1n) is 5.15. The zero-order valence-electron chi connectivity index (χ0n) is 9.28. The molecule has 0 saturated heterocycles. The van der Waals surface area contributed by atoms with Crippen molar-refractivity contribution in [3.8, 4) is 0 Å². The standard InChI is InChI=1S/C13H11Cl2NS/c1-9-3-2-4-10(7-9)17-8-12-11(14)5-6-13(15)16-12/h2-7H,8H2,1H3. The third-order valence-electron chi connectivity index (χ3n) is 2.25. The fourth-order valence-electron chi connectivity index (χ4n) is 1.42. The van der Waals surface area contributed by atoms with E-state index in [1.807, 2.05) is 6.07 Å². The summed E-state index contributed by atoms with van der Waals surface area (Å²) in [6.07, 6.45) is 0. The third kappa shape index (κ3) is 3.63. The third-order valence-corrected chi connectivity index (χ3v) is 3.81. The first kappa shape index (κ1) is 12.7. The van der Waals surface area contributed by atoms with Crippen molar-refractivity contribution in [1.82, 2.24) is 4.98 Å². The SMILES string of the molecule is Cc1cccc(SCc2nc(Cl)ccc2Cl)c1. The predicted molar refractivity (Wildman–Crippen MR) is 75.0 cm³/mol. The van der Waals surface area contributed by atoms with E-state index < -0.39 is 0 Å². The van der Waals surface area contributed by atoms with Gasteiger partial charge in [-0.2, -0.15) is 0 Å². The van der Waals surface area contributed by atoms with Gasteiger partial charge in [-0.1, -0.05) is 40.9 Å². The summed E-state index contributed by atoms with van der Waals surface area (Å²) < 4.78 is 0. The van der Waals surface area contributed by atoms with Crippen LogP contribution in [0.5, 0.6) is 0 Å². The second-order valence-electron chi connectivity index (χ2n) is 3.67. The fourth-order valence-corrected chi connectivity index (χ4v) is 2.80. The van der Waals surface area contributed by atoms with Crippen LogP contribution in [0.4, 0.5) is 0 Å². The average molecular weight is 284 g/mol. The maximum atomic E-state index is 6.06. The van der Waals surface area contributed by atoms with Crippen LogP contribution in [0, 0.1) is 6.92 Å². The summed E-state index contributed by atoms with van der Waals surface area (Å²) in [6.45, 7) is 2.08. The number of thioether (sulfide) groups is 1. The molecule has 17 heavy (non-hydrogen) atoms. The van der Waals surface area contributed by atoms with Crippen LogP contribution in [0.15, 0.2) is 41.3 Å². The molecule has 1 aromatic heterocycles. The number of benzene rings is 1. The Labute approximate surface area is 115 Å². The number of aromatic nitrogens is 1. The summed E-state index contributed by atoms with van der Waals surface area (Å²) in [4.78, 5) is 5.43. The molecule has 0 amide bonds. The van der Waals surface area contributed by atoms with Gasteiger partial charge in [0, 0.05) is 10.6 Å². The molecule has 0 radical (unpaired) electrons. The lowest BCUT2D eigenvalue weighted by Crippen LogP contribution is -1.89. The van der Waals surface area contributed by atoms with Gasteiger partial charge in [0.25, 0.3) is 0 Å². The summed E-state index contributed by atoms with van der Waals surface area (Å²) in [6, 6.07) is 11.8. The Kier molecular flexibility index (Phi) is 4.32. The van der Waals surface area contributed by atoms with Crippen molar-refractivity contribution in [1.29, 1.82) is 0 Å². The summed E-state index contributed by atoms with van der Waals surface area (Å²) in [5.74, 6) is 0.725. The molecule has 0 fully saturated rings. The van der Waals surface area contributed by atoms with Crippen molar-refractivity contribution < 1.29 is 0 Å². The molecule has 0 aliphatic heterocycles. The highest BCUT2D eigenvalue weighted by Gasteiger charge is 2.04. The van der Waals surface area contributed by atoms with Crippen LogP contribution in [-0.4, -0.2) is 4.98 Å². The molecular weight excluding hydrogens is 273 g/mol. The Morgan fingerprint density at radius 3 is 2.76 bits per heavy atom. The molecule has 0 bridgehead atoms. The van der Waals surface area contributed by atoms with Crippen LogP contribution in [0.25, 0.3) is 0 Å². The van der Waals surface area contributed by atoms with Gasteiger partial charge in [-0.25, -0.2) is 4.98 Å². The highest BCUT2D eigenvalue weighted by Crippen LogP contribution is 2.26. The molecule has 88 valence electrons. The minimum absolute atomic E-state index is 0.481. The second-order valence-corrected chi connectivity index (χ2v) is 5.51. The average Bonchev–Trinajstić information content (AvgIpc) is 2.30. The molecular formula is C13H11Cl2NS. The highest BCUT2D eigenvalue weighted by molar-refractivity contribution is 7.98. The number of aryl methyl sites for hydroxylation is 1. The lowest BCUT2D eigenvalue weighted by Gasteiger charge is -2.04. The van der Waals surface area contributed by atoms with E-state index in [9.17, 15) is 0 Å². The Hall–Kier alpha value is -0.700. The van der Waals surface area contributed by atoms with Crippen LogP contribution in [0.1, 0.15) is 11.3 Å². The molecule has 2 aromatic rings. The van der Waals surface area contributed by atoms with Gasteiger partial charge in [0.05, 0.1) is 10.7 Å². The lowest BCUT2D eigenvalue weighted by atomic mass is 10.2. The zero-order chi connectivity index (χ0) is 12.3. The van der Waals surface area contributed by atoms with Gasteiger partial charge in [-0.15, -0.1) is 11.8 Å². The molecule has 2 rings (SSSR count). The van der Waals surface area contributed by atoms with Crippen molar-refractivity contribution >= 4 is 35.0 Å². The summed E-state index contributed by atoms with van der Waals surface area (Å²) in [5, 5.41) is 1.14. The Bertz CT molecular complexity index is 529. The van der Waals surface area contributed by atoms with Crippen LogP contribution in [0.2, 0.25) is 10.2 Å². The van der Waals surface area contributed by atoms with Crippen LogP contribution < -0.4 is 0 Å². The van der Waals surface area contributed by atoms with Crippen molar-refractivity contribution in [2.24, 2.45) is 0 Å². The summed E-state index contributed by atoms with van der Waals surface area (Å²) in [7, 11) is 0. The smallest absolute Gasteiger partial charge is 0.129 e. The fraction of sp³-hybridized carbons (Fsp3) is 0.154. The van der Waals surface area contributed by atoms with Gasteiger partial charge in [-0.3, -0.25) is 0 Å². The Morgan fingerprint density at radius 1 is 1.18 bits per heavy atom. The van der Waals surface area contributed by atoms with Gasteiger partial charge >= 0.3 is 0 Å². The monoisotopic (exact) mass is 283 g/mol. The maximum Gasteiger partial charge on any atom is 0.129 e. The molecule has 0 atom stereocenters. The minimum atomic E-state index is 0.481. The molecule has 0 aliphatic carbocycles. The predicted octanol–water partition coefficient (Wildman–Crippen LogP) is 4.99. The number of hydrogen-bond acceptors (Lipinski definition) is 2. The molecule has 1 heterocycles. The van der Waals surface area contributed by atoms with Gasteiger partial charge in [-0.05, 0) is 31.2 Å². The van der Waals surface area contributed by atoms with Crippen LogP contribution >= 0.6 is 35.0 Å². The molecule has 0 N–H and O–H groups in total. The minimum Gasteiger partial charge on any atom is -0.239 e. The molecule has 0 spiro atoms. The van der Waals surface area contributed by atoms with Crippen LogP contribution in [0.3, 0.4) is 0 Å². The normalized spacial score (nSPS) is 10.5. The molecule has 0 saturated carbocycles. The quantitative estimate of drug-likeness (QED) is 0.581. The van der Waals surface area contributed by atoms with Crippen molar-refractivity contribution in [2.75, 3.05) is 0 Å². The number of rotatable bonds is 3. The Balaban J connectivity index is 2.09. The molecule has 1 nitrogen and oxygen atoms in total. The first-order chi connectivity index (χ1) is 8.15. The van der Waals surface area contributed by atoms with Crippen molar-refractivity contribution in [2.45, 2.75) is 17.6 Å². The van der Waals surface area contributed by atoms with Crippen molar-refractivity contribution in [3.05, 3.63) is 57.8 Å². The Morgan fingerprint density at radius 2 is 2.00 bits per heavy atom. The second kappa shape index (κ2) is 5.76. The van der Waals surface area contributed by atoms with Crippen LogP contribution in [-0.2, 0) is 5.75 Å². The van der Waals surface area contributed by atoms with E-state index in [1.165, 1.54) is 10.5 Å². The van der Waals surface area contributed by atoms with E-state index in [-0.39, 0.29) is 0 Å². The number of pyridine rings is 1. The van der Waals surface area contributed by atoms with E-state index in [0.717, 1.165) is 11.4 Å². The van der Waals surface area contributed by atoms with Gasteiger partial charge in [0.2, 0.25) is 0 Å².